The Labute approximate surface area is 127 Å². The van der Waals surface area contributed by atoms with Crippen LogP contribution < -0.4 is 0 Å². The topological polar surface area (TPSA) is 41.6 Å². The minimum absolute atomic E-state index is 0.510. The number of nitrogens with zero attached hydrogens (tertiary/aromatic N) is 3. The van der Waals surface area contributed by atoms with Crippen LogP contribution in [0.3, 0.4) is 0 Å². The van der Waals surface area contributed by atoms with E-state index in [4.69, 9.17) is 11.6 Å². The second kappa shape index (κ2) is 5.43. The molecule has 0 atom stereocenters. The maximum Gasteiger partial charge on any atom is 0.151 e. The van der Waals surface area contributed by atoms with E-state index < -0.39 is 0 Å². The molecule has 0 aliphatic heterocycles. The van der Waals surface area contributed by atoms with E-state index in [2.05, 4.69) is 11.1 Å². The Hall–Kier alpha value is -2.57. The number of hydrogen-bond donors (Lipinski definition) is 0. The van der Waals surface area contributed by atoms with Gasteiger partial charge in [0.1, 0.15) is 6.07 Å². The third-order valence-electron chi connectivity index (χ3n) is 3.31. The first-order valence-electron chi connectivity index (χ1n) is 6.48. The van der Waals surface area contributed by atoms with Crippen LogP contribution in [0.15, 0.2) is 48.5 Å². The molecular formula is C17H12ClN3. The number of hydrogen-bond acceptors (Lipinski definition) is 2. The third-order valence-corrected chi connectivity index (χ3v) is 3.54. The lowest BCUT2D eigenvalue weighted by atomic mass is 10.1. The molecule has 4 heteroatoms. The van der Waals surface area contributed by atoms with E-state index in [9.17, 15) is 5.26 Å². The first-order chi connectivity index (χ1) is 10.2. The zero-order valence-electron chi connectivity index (χ0n) is 11.4. The van der Waals surface area contributed by atoms with E-state index in [-0.39, 0.29) is 0 Å². The smallest absolute Gasteiger partial charge is 0.151 e. The predicted octanol–water partition coefficient (Wildman–Crippen LogP) is 4.29. The molecule has 3 nitrogen and oxygen atoms in total. The van der Waals surface area contributed by atoms with Gasteiger partial charge >= 0.3 is 0 Å². The molecule has 0 saturated heterocycles. The highest BCUT2D eigenvalue weighted by molar-refractivity contribution is 6.30. The molecular weight excluding hydrogens is 282 g/mol. The van der Waals surface area contributed by atoms with Crippen LogP contribution in [0.4, 0.5) is 0 Å². The molecule has 1 aromatic heterocycles. The molecule has 3 rings (SSSR count). The van der Waals surface area contributed by atoms with Crippen molar-refractivity contribution in [3.63, 3.8) is 0 Å². The Morgan fingerprint density at radius 2 is 2.05 bits per heavy atom. The van der Waals surface area contributed by atoms with Crippen LogP contribution in [-0.2, 0) is 7.05 Å². The first-order valence-corrected chi connectivity index (χ1v) is 6.86. The Bertz CT molecular complexity index is 884. The Morgan fingerprint density at radius 3 is 2.76 bits per heavy atom. The van der Waals surface area contributed by atoms with Crippen molar-refractivity contribution in [1.29, 1.82) is 5.26 Å². The van der Waals surface area contributed by atoms with Gasteiger partial charge in [-0.15, -0.1) is 0 Å². The molecule has 0 bridgehead atoms. The summed E-state index contributed by atoms with van der Waals surface area (Å²) >= 11 is 5.98. The van der Waals surface area contributed by atoms with Gasteiger partial charge in [-0.1, -0.05) is 35.9 Å². The van der Waals surface area contributed by atoms with Crippen molar-refractivity contribution >= 4 is 34.3 Å². The van der Waals surface area contributed by atoms with Gasteiger partial charge in [-0.05, 0) is 35.9 Å². The van der Waals surface area contributed by atoms with Crippen LogP contribution in [0.1, 0.15) is 11.4 Å². The van der Waals surface area contributed by atoms with Gasteiger partial charge < -0.3 is 4.57 Å². The van der Waals surface area contributed by atoms with Gasteiger partial charge in [-0.2, -0.15) is 5.26 Å². The van der Waals surface area contributed by atoms with Crippen molar-refractivity contribution < 1.29 is 0 Å². The van der Waals surface area contributed by atoms with Crippen molar-refractivity contribution in [2.45, 2.75) is 0 Å². The maximum atomic E-state index is 9.46. The molecule has 0 aliphatic rings. The second-order valence-corrected chi connectivity index (χ2v) is 5.14. The molecule has 0 saturated carbocycles. The number of rotatable bonds is 2. The van der Waals surface area contributed by atoms with E-state index in [0.29, 0.717) is 16.4 Å². The number of allylic oxidation sites excluding steroid dienone is 1. The monoisotopic (exact) mass is 293 g/mol. The SMILES string of the molecule is Cn1c(C(C#N)=Cc2cccc(Cl)c2)nc2ccccc21. The Kier molecular flexibility index (Phi) is 3.47. The summed E-state index contributed by atoms with van der Waals surface area (Å²) in [5.41, 5.74) is 3.27. The van der Waals surface area contributed by atoms with Crippen molar-refractivity contribution in [3.05, 3.63) is 64.9 Å². The maximum absolute atomic E-state index is 9.46. The zero-order valence-corrected chi connectivity index (χ0v) is 12.2. The molecule has 0 aliphatic carbocycles. The van der Waals surface area contributed by atoms with Crippen LogP contribution >= 0.6 is 11.6 Å². The largest absolute Gasteiger partial charge is 0.327 e. The standard InChI is InChI=1S/C17H12ClN3/c1-21-16-8-3-2-7-15(16)20-17(21)13(11-19)9-12-5-4-6-14(18)10-12/h2-10H,1H3. The van der Waals surface area contributed by atoms with Crippen molar-refractivity contribution in [2.24, 2.45) is 7.05 Å². The number of para-hydroxylation sites is 2. The van der Waals surface area contributed by atoms with E-state index in [1.807, 2.05) is 54.1 Å². The van der Waals surface area contributed by atoms with Gasteiger partial charge in [0.15, 0.2) is 5.82 Å². The molecule has 0 spiro atoms. The van der Waals surface area contributed by atoms with Gasteiger partial charge in [-0.3, -0.25) is 0 Å². The summed E-state index contributed by atoms with van der Waals surface area (Å²) in [6.07, 6.45) is 1.80. The molecule has 102 valence electrons. The second-order valence-electron chi connectivity index (χ2n) is 4.71. The molecule has 0 fully saturated rings. The fraction of sp³-hybridized carbons (Fsp3) is 0.0588. The number of nitriles is 1. The fourth-order valence-electron chi connectivity index (χ4n) is 2.30. The number of halogens is 1. The predicted molar refractivity (Wildman–Crippen MR) is 85.7 cm³/mol. The summed E-state index contributed by atoms with van der Waals surface area (Å²) in [5.74, 6) is 0.652. The van der Waals surface area contributed by atoms with E-state index in [1.165, 1.54) is 0 Å². The molecule has 0 amide bonds. The number of aromatic nitrogens is 2. The van der Waals surface area contributed by atoms with Crippen LogP contribution in [0.25, 0.3) is 22.7 Å². The average Bonchev–Trinajstić information content (AvgIpc) is 2.82. The molecule has 0 radical (unpaired) electrons. The van der Waals surface area contributed by atoms with Crippen LogP contribution in [-0.4, -0.2) is 9.55 Å². The molecule has 0 N–H and O–H groups in total. The lowest BCUT2D eigenvalue weighted by molar-refractivity contribution is 0.925. The zero-order chi connectivity index (χ0) is 14.8. The Morgan fingerprint density at radius 1 is 1.24 bits per heavy atom. The minimum Gasteiger partial charge on any atom is -0.327 e. The third kappa shape index (κ3) is 2.54. The summed E-state index contributed by atoms with van der Waals surface area (Å²) < 4.78 is 1.93. The number of aryl methyl sites for hydroxylation is 1. The summed E-state index contributed by atoms with van der Waals surface area (Å²) in [5, 5.41) is 10.1. The van der Waals surface area contributed by atoms with Crippen LogP contribution in [0.5, 0.6) is 0 Å². The highest BCUT2D eigenvalue weighted by Gasteiger charge is 2.11. The number of imidazole rings is 1. The summed E-state index contributed by atoms with van der Waals surface area (Å²) in [6.45, 7) is 0. The van der Waals surface area contributed by atoms with Gasteiger partial charge in [0, 0.05) is 12.1 Å². The molecule has 2 aromatic carbocycles. The quantitative estimate of drug-likeness (QED) is 0.661. The van der Waals surface area contributed by atoms with E-state index in [1.54, 1.807) is 12.1 Å². The van der Waals surface area contributed by atoms with Crippen molar-refractivity contribution in [3.8, 4) is 6.07 Å². The number of benzene rings is 2. The number of fused-ring (bicyclic) bond motifs is 1. The lowest BCUT2D eigenvalue weighted by Gasteiger charge is -2.01. The molecule has 21 heavy (non-hydrogen) atoms. The van der Waals surface area contributed by atoms with Crippen molar-refractivity contribution in [1.82, 2.24) is 9.55 Å². The first kappa shape index (κ1) is 13.4. The summed E-state index contributed by atoms with van der Waals surface area (Å²) in [7, 11) is 1.91. The Balaban J connectivity index is 2.15. The summed E-state index contributed by atoms with van der Waals surface area (Å²) in [6, 6.07) is 17.4. The van der Waals surface area contributed by atoms with Gasteiger partial charge in [0.2, 0.25) is 0 Å². The van der Waals surface area contributed by atoms with E-state index in [0.717, 1.165) is 16.6 Å². The fourth-order valence-corrected chi connectivity index (χ4v) is 2.50. The highest BCUT2D eigenvalue weighted by Crippen LogP contribution is 2.22. The normalized spacial score (nSPS) is 11.6. The van der Waals surface area contributed by atoms with E-state index >= 15 is 0 Å². The van der Waals surface area contributed by atoms with Crippen LogP contribution in [0, 0.1) is 11.3 Å². The van der Waals surface area contributed by atoms with Gasteiger partial charge in [-0.25, -0.2) is 4.98 Å². The highest BCUT2D eigenvalue weighted by atomic mass is 35.5. The van der Waals surface area contributed by atoms with Crippen LogP contribution in [0.2, 0.25) is 5.02 Å². The minimum atomic E-state index is 0.510. The molecule has 0 unspecified atom stereocenters. The average molecular weight is 294 g/mol. The van der Waals surface area contributed by atoms with Gasteiger partial charge in [0.05, 0.1) is 16.6 Å². The van der Waals surface area contributed by atoms with Gasteiger partial charge in [0.25, 0.3) is 0 Å². The molecule has 1 heterocycles. The lowest BCUT2D eigenvalue weighted by Crippen LogP contribution is -1.96. The molecule has 3 aromatic rings. The summed E-state index contributed by atoms with van der Waals surface area (Å²) in [4.78, 5) is 4.54. The van der Waals surface area contributed by atoms with Crippen molar-refractivity contribution in [2.75, 3.05) is 0 Å².